The fraction of sp³-hybridized carbons (Fsp3) is 0.280. The minimum absolute atomic E-state index is 0.0206. The third-order valence-corrected chi connectivity index (χ3v) is 5.44. The van der Waals surface area contributed by atoms with Gasteiger partial charge in [-0.25, -0.2) is 0 Å². The lowest BCUT2D eigenvalue weighted by molar-refractivity contribution is 0.466. The summed E-state index contributed by atoms with van der Waals surface area (Å²) in [6.45, 7) is 7.74. The first-order chi connectivity index (χ1) is 13.2. The minimum atomic E-state index is 0.0206. The van der Waals surface area contributed by atoms with E-state index < -0.39 is 0 Å². The number of phenolic OH excluding ortho intramolecular Hbond substituents is 2. The van der Waals surface area contributed by atoms with Gasteiger partial charge < -0.3 is 15.1 Å². The number of hydrogen-bond acceptors (Lipinski definition) is 3. The molecular weight excluding hydrogens is 346 g/mol. The molecule has 146 valence electrons. The first kappa shape index (κ1) is 19.8. The second kappa shape index (κ2) is 7.59. The lowest BCUT2D eigenvalue weighted by atomic mass is 9.82. The van der Waals surface area contributed by atoms with Crippen LogP contribution in [0.3, 0.4) is 0 Å². The molecule has 0 atom stereocenters. The number of nitrogens with zero attached hydrogens (tertiary/aromatic N) is 1. The van der Waals surface area contributed by atoms with Crippen molar-refractivity contribution in [1.29, 1.82) is 0 Å². The van der Waals surface area contributed by atoms with Crippen LogP contribution in [0, 0.1) is 27.7 Å². The lowest BCUT2D eigenvalue weighted by Gasteiger charge is -2.23. The maximum Gasteiger partial charge on any atom is 0.121 e. The van der Waals surface area contributed by atoms with Crippen molar-refractivity contribution in [3.8, 4) is 11.5 Å². The predicted molar refractivity (Wildman–Crippen MR) is 117 cm³/mol. The number of benzene rings is 3. The molecule has 0 radical (unpaired) electrons. The van der Waals surface area contributed by atoms with Gasteiger partial charge in [-0.15, -0.1) is 0 Å². The van der Waals surface area contributed by atoms with Crippen LogP contribution >= 0.6 is 0 Å². The molecular formula is C25H29NO2. The Morgan fingerprint density at radius 3 is 1.29 bits per heavy atom. The van der Waals surface area contributed by atoms with Crippen molar-refractivity contribution in [2.24, 2.45) is 0 Å². The zero-order valence-electron chi connectivity index (χ0n) is 17.5. The van der Waals surface area contributed by atoms with Crippen molar-refractivity contribution >= 4 is 5.69 Å². The van der Waals surface area contributed by atoms with Gasteiger partial charge in [0, 0.05) is 25.7 Å². The van der Waals surface area contributed by atoms with E-state index in [0.29, 0.717) is 11.5 Å². The van der Waals surface area contributed by atoms with Gasteiger partial charge in [0.15, 0.2) is 0 Å². The third kappa shape index (κ3) is 3.70. The summed E-state index contributed by atoms with van der Waals surface area (Å²) >= 11 is 0. The second-order valence-corrected chi connectivity index (χ2v) is 7.93. The van der Waals surface area contributed by atoms with E-state index >= 15 is 0 Å². The third-order valence-electron chi connectivity index (χ3n) is 5.44. The van der Waals surface area contributed by atoms with Gasteiger partial charge in [-0.1, -0.05) is 36.4 Å². The largest absolute Gasteiger partial charge is 0.507 e. The summed E-state index contributed by atoms with van der Waals surface area (Å²) in [5.41, 5.74) is 8.09. The Kier molecular flexibility index (Phi) is 5.37. The fourth-order valence-electron chi connectivity index (χ4n) is 3.85. The molecule has 0 bridgehead atoms. The molecule has 0 aliphatic carbocycles. The van der Waals surface area contributed by atoms with Gasteiger partial charge in [-0.05, 0) is 78.8 Å². The average molecular weight is 376 g/mol. The zero-order valence-corrected chi connectivity index (χ0v) is 17.5. The van der Waals surface area contributed by atoms with Gasteiger partial charge in [0.05, 0.1) is 0 Å². The van der Waals surface area contributed by atoms with Crippen molar-refractivity contribution in [3.63, 3.8) is 0 Å². The van der Waals surface area contributed by atoms with E-state index in [9.17, 15) is 10.2 Å². The van der Waals surface area contributed by atoms with Crippen LogP contribution in [-0.4, -0.2) is 24.3 Å². The number of aromatic hydroxyl groups is 2. The normalized spacial score (nSPS) is 11.1. The molecule has 0 aromatic heterocycles. The summed E-state index contributed by atoms with van der Waals surface area (Å²) in [5, 5.41) is 20.5. The maximum atomic E-state index is 10.2. The Bertz CT molecular complexity index is 900. The highest BCUT2D eigenvalue weighted by Crippen LogP contribution is 2.38. The summed E-state index contributed by atoms with van der Waals surface area (Å²) < 4.78 is 0. The SMILES string of the molecule is Cc1cc(C(c2ccc(N(C)C)cc2)c2cc(C)c(O)c(C)c2)cc(C)c1O. The molecule has 3 nitrogen and oxygen atoms in total. The molecule has 0 saturated heterocycles. The number of anilines is 1. The van der Waals surface area contributed by atoms with E-state index in [-0.39, 0.29) is 5.92 Å². The Morgan fingerprint density at radius 1 is 0.607 bits per heavy atom. The van der Waals surface area contributed by atoms with Crippen LogP contribution in [0.4, 0.5) is 5.69 Å². The van der Waals surface area contributed by atoms with Crippen LogP contribution in [0.25, 0.3) is 0 Å². The highest BCUT2D eigenvalue weighted by molar-refractivity contribution is 5.55. The summed E-state index contributed by atoms with van der Waals surface area (Å²) in [7, 11) is 4.07. The predicted octanol–water partition coefficient (Wildman–Crippen LogP) is 5.58. The molecule has 3 aromatic rings. The maximum absolute atomic E-state index is 10.2. The van der Waals surface area contributed by atoms with Gasteiger partial charge in [0.25, 0.3) is 0 Å². The van der Waals surface area contributed by atoms with Crippen molar-refractivity contribution < 1.29 is 10.2 Å². The van der Waals surface area contributed by atoms with Gasteiger partial charge >= 0.3 is 0 Å². The molecule has 3 aromatic carbocycles. The fourth-order valence-corrected chi connectivity index (χ4v) is 3.85. The van der Waals surface area contributed by atoms with Crippen LogP contribution in [-0.2, 0) is 0 Å². The molecule has 28 heavy (non-hydrogen) atoms. The number of rotatable bonds is 4. The molecule has 2 N–H and O–H groups in total. The summed E-state index contributed by atoms with van der Waals surface area (Å²) in [5.74, 6) is 0.722. The van der Waals surface area contributed by atoms with E-state index in [2.05, 4.69) is 53.4 Å². The minimum Gasteiger partial charge on any atom is -0.507 e. The Balaban J connectivity index is 2.22. The van der Waals surface area contributed by atoms with E-state index in [1.54, 1.807) is 0 Å². The first-order valence-electron chi connectivity index (χ1n) is 9.56. The van der Waals surface area contributed by atoms with Crippen molar-refractivity contribution in [1.82, 2.24) is 0 Å². The Hall–Kier alpha value is -2.94. The van der Waals surface area contributed by atoms with E-state index in [0.717, 1.165) is 39.1 Å². The molecule has 0 saturated carbocycles. The zero-order chi connectivity index (χ0) is 20.6. The molecule has 0 amide bonds. The summed E-state index contributed by atoms with van der Waals surface area (Å²) in [6, 6.07) is 16.8. The van der Waals surface area contributed by atoms with Crippen LogP contribution in [0.15, 0.2) is 48.5 Å². The average Bonchev–Trinajstić information content (AvgIpc) is 2.64. The van der Waals surface area contributed by atoms with Crippen LogP contribution in [0.2, 0.25) is 0 Å². The molecule has 0 aliphatic heterocycles. The molecule has 0 spiro atoms. The van der Waals surface area contributed by atoms with Crippen LogP contribution in [0.1, 0.15) is 44.9 Å². The standard InChI is InChI=1S/C25H29NO2/c1-15-11-20(12-16(2)24(15)27)23(19-7-9-22(10-8-19)26(5)6)21-13-17(3)25(28)18(4)14-21/h7-14,23,27-28H,1-6H3. The molecule has 0 fully saturated rings. The van der Waals surface area contributed by atoms with Gasteiger partial charge in [0.1, 0.15) is 11.5 Å². The molecule has 3 heteroatoms. The molecule has 0 aliphatic rings. The Morgan fingerprint density at radius 2 is 0.964 bits per heavy atom. The molecule has 0 unspecified atom stereocenters. The van der Waals surface area contributed by atoms with Crippen molar-refractivity contribution in [2.75, 3.05) is 19.0 Å². The van der Waals surface area contributed by atoms with E-state index in [1.165, 1.54) is 5.56 Å². The smallest absolute Gasteiger partial charge is 0.121 e. The van der Waals surface area contributed by atoms with Gasteiger partial charge in [0.2, 0.25) is 0 Å². The number of aryl methyl sites for hydroxylation is 4. The highest BCUT2D eigenvalue weighted by Gasteiger charge is 2.20. The molecule has 3 rings (SSSR count). The summed E-state index contributed by atoms with van der Waals surface area (Å²) in [6.07, 6.45) is 0. The highest BCUT2D eigenvalue weighted by atomic mass is 16.3. The second-order valence-electron chi connectivity index (χ2n) is 7.93. The topological polar surface area (TPSA) is 43.7 Å². The van der Waals surface area contributed by atoms with Crippen molar-refractivity contribution in [2.45, 2.75) is 33.6 Å². The van der Waals surface area contributed by atoms with Crippen LogP contribution < -0.4 is 4.90 Å². The monoisotopic (exact) mass is 375 g/mol. The van der Waals surface area contributed by atoms with Gasteiger partial charge in [-0.3, -0.25) is 0 Å². The lowest BCUT2D eigenvalue weighted by Crippen LogP contribution is -2.09. The van der Waals surface area contributed by atoms with Crippen LogP contribution in [0.5, 0.6) is 11.5 Å². The number of hydrogen-bond donors (Lipinski definition) is 2. The molecule has 0 heterocycles. The van der Waals surface area contributed by atoms with E-state index in [1.807, 2.05) is 41.8 Å². The Labute approximate surface area is 167 Å². The van der Waals surface area contributed by atoms with E-state index in [4.69, 9.17) is 0 Å². The quantitative estimate of drug-likeness (QED) is 0.585. The first-order valence-corrected chi connectivity index (χ1v) is 9.56. The van der Waals surface area contributed by atoms with Crippen molar-refractivity contribution in [3.05, 3.63) is 87.5 Å². The van der Waals surface area contributed by atoms with Gasteiger partial charge in [-0.2, -0.15) is 0 Å². The summed E-state index contributed by atoms with van der Waals surface area (Å²) in [4.78, 5) is 2.09. The number of phenols is 2.